The predicted octanol–water partition coefficient (Wildman–Crippen LogP) is 3.95. The first-order chi connectivity index (χ1) is 16.4. The minimum Gasteiger partial charge on any atom is -0.497 e. The summed E-state index contributed by atoms with van der Waals surface area (Å²) < 4.78 is 10.8. The highest BCUT2D eigenvalue weighted by Crippen LogP contribution is 2.33. The van der Waals surface area contributed by atoms with Crippen LogP contribution in [0.3, 0.4) is 0 Å². The Morgan fingerprint density at radius 3 is 2.56 bits per heavy atom. The lowest BCUT2D eigenvalue weighted by Crippen LogP contribution is -2.38. The van der Waals surface area contributed by atoms with Crippen molar-refractivity contribution in [1.29, 1.82) is 0 Å². The quantitative estimate of drug-likeness (QED) is 0.412. The number of nitrogens with zero attached hydrogens (tertiary/aromatic N) is 1. The summed E-state index contributed by atoms with van der Waals surface area (Å²) in [6.45, 7) is 1.58. The van der Waals surface area contributed by atoms with E-state index in [1.54, 1.807) is 25.3 Å². The van der Waals surface area contributed by atoms with Gasteiger partial charge in [0.25, 0.3) is 5.91 Å². The van der Waals surface area contributed by atoms with Gasteiger partial charge in [-0.15, -0.1) is 0 Å². The van der Waals surface area contributed by atoms with Crippen LogP contribution in [0.1, 0.15) is 18.1 Å². The van der Waals surface area contributed by atoms with Crippen LogP contribution in [0.15, 0.2) is 60.3 Å². The van der Waals surface area contributed by atoms with Gasteiger partial charge >= 0.3 is 6.03 Å². The number of nitrogens with one attached hydrogen (secondary N) is 2. The topological polar surface area (TPSA) is 97.0 Å². The first-order valence-electron chi connectivity index (χ1n) is 10.8. The van der Waals surface area contributed by atoms with E-state index in [2.05, 4.69) is 10.6 Å². The summed E-state index contributed by atoms with van der Waals surface area (Å²) in [7, 11) is 3.10. The van der Waals surface area contributed by atoms with Gasteiger partial charge in [-0.3, -0.25) is 9.59 Å². The van der Waals surface area contributed by atoms with Gasteiger partial charge in [0, 0.05) is 11.3 Å². The smallest absolute Gasteiger partial charge is 0.329 e. The van der Waals surface area contributed by atoms with E-state index in [-0.39, 0.29) is 5.70 Å². The molecule has 2 N–H and O–H groups in total. The average molecular weight is 460 g/mol. The fourth-order valence-corrected chi connectivity index (χ4v) is 3.90. The van der Waals surface area contributed by atoms with Crippen molar-refractivity contribution >= 4 is 40.4 Å². The number of urea groups is 1. The maximum atomic E-state index is 13.0. The van der Waals surface area contributed by atoms with Crippen LogP contribution < -0.4 is 20.1 Å². The first-order valence-corrected chi connectivity index (χ1v) is 10.8. The Morgan fingerprint density at radius 2 is 1.82 bits per heavy atom. The van der Waals surface area contributed by atoms with Crippen LogP contribution in [-0.4, -0.2) is 43.5 Å². The molecule has 4 amide bonds. The molecule has 1 heterocycles. The third-order valence-electron chi connectivity index (χ3n) is 5.68. The highest BCUT2D eigenvalue weighted by Gasteiger charge is 2.35. The van der Waals surface area contributed by atoms with Crippen LogP contribution in [-0.2, 0) is 16.0 Å². The van der Waals surface area contributed by atoms with E-state index < -0.39 is 24.4 Å². The van der Waals surface area contributed by atoms with E-state index >= 15 is 0 Å². The van der Waals surface area contributed by atoms with E-state index in [0.717, 1.165) is 27.7 Å². The van der Waals surface area contributed by atoms with Gasteiger partial charge in [0.1, 0.15) is 23.7 Å². The van der Waals surface area contributed by atoms with E-state index in [0.29, 0.717) is 22.7 Å². The molecular weight excluding hydrogens is 434 g/mol. The first kappa shape index (κ1) is 22.8. The van der Waals surface area contributed by atoms with Gasteiger partial charge in [-0.25, -0.2) is 9.69 Å². The molecule has 8 nitrogen and oxygen atoms in total. The Morgan fingerprint density at radius 1 is 1.06 bits per heavy atom. The minimum absolute atomic E-state index is 0.0559. The number of ether oxygens (including phenoxy) is 2. The zero-order chi connectivity index (χ0) is 24.2. The molecule has 1 aliphatic rings. The summed E-state index contributed by atoms with van der Waals surface area (Å²) in [6.07, 6.45) is 2.30. The molecule has 174 valence electrons. The van der Waals surface area contributed by atoms with Crippen molar-refractivity contribution in [3.05, 3.63) is 71.4 Å². The number of imide groups is 1. The second kappa shape index (κ2) is 9.66. The van der Waals surface area contributed by atoms with E-state index in [4.69, 9.17) is 9.47 Å². The zero-order valence-corrected chi connectivity index (χ0v) is 19.2. The predicted molar refractivity (Wildman–Crippen MR) is 130 cm³/mol. The molecular formula is C26H25N3O5. The molecule has 0 aromatic heterocycles. The SMILES string of the molecule is CCc1ccccc1NC(=O)CN1C(=O)N/C(=C/c2c(OC)ccc3ccc(OC)cc23)C1=O. The Labute approximate surface area is 197 Å². The standard InChI is InChI=1S/C26H25N3O5/c1-4-16-7-5-6-8-21(16)27-24(30)15-29-25(31)22(28-26(29)32)14-20-19-13-18(33-2)11-9-17(19)10-12-23(20)34-3/h5-14H,4,15H2,1-3H3,(H,27,30)(H,28,32)/b22-14+. The molecule has 34 heavy (non-hydrogen) atoms. The Balaban J connectivity index is 1.61. The molecule has 1 saturated heterocycles. The van der Waals surface area contributed by atoms with Crippen molar-refractivity contribution in [3.8, 4) is 11.5 Å². The van der Waals surface area contributed by atoms with Crippen LogP contribution in [0.2, 0.25) is 0 Å². The Hall–Kier alpha value is -4.33. The van der Waals surface area contributed by atoms with Gasteiger partial charge < -0.3 is 20.1 Å². The van der Waals surface area contributed by atoms with Crippen molar-refractivity contribution in [2.75, 3.05) is 26.1 Å². The summed E-state index contributed by atoms with van der Waals surface area (Å²) >= 11 is 0. The van der Waals surface area contributed by atoms with Gasteiger partial charge in [-0.1, -0.05) is 37.3 Å². The lowest BCUT2D eigenvalue weighted by atomic mass is 10.0. The van der Waals surface area contributed by atoms with Crippen molar-refractivity contribution in [3.63, 3.8) is 0 Å². The number of hydrogen-bond acceptors (Lipinski definition) is 5. The third kappa shape index (κ3) is 4.43. The summed E-state index contributed by atoms with van der Waals surface area (Å²) in [5.74, 6) is 0.125. The highest BCUT2D eigenvalue weighted by atomic mass is 16.5. The van der Waals surface area contributed by atoms with Crippen molar-refractivity contribution in [1.82, 2.24) is 10.2 Å². The van der Waals surface area contributed by atoms with Crippen LogP contribution in [0.5, 0.6) is 11.5 Å². The number of methoxy groups -OCH3 is 2. The summed E-state index contributed by atoms with van der Waals surface area (Å²) in [5.41, 5.74) is 2.30. The molecule has 0 atom stereocenters. The second-order valence-corrected chi connectivity index (χ2v) is 7.71. The third-order valence-corrected chi connectivity index (χ3v) is 5.68. The van der Waals surface area contributed by atoms with E-state index in [9.17, 15) is 14.4 Å². The van der Waals surface area contributed by atoms with Gasteiger partial charge in [0.2, 0.25) is 5.91 Å². The molecule has 8 heteroatoms. The average Bonchev–Trinajstić information content (AvgIpc) is 3.11. The van der Waals surface area contributed by atoms with Crippen molar-refractivity contribution < 1.29 is 23.9 Å². The maximum absolute atomic E-state index is 13.0. The number of amides is 4. The zero-order valence-electron chi connectivity index (χ0n) is 19.2. The molecule has 0 aliphatic carbocycles. The molecule has 4 rings (SSSR count). The van der Waals surface area contributed by atoms with Gasteiger partial charge in [0.15, 0.2) is 0 Å². The van der Waals surface area contributed by atoms with Crippen molar-refractivity contribution in [2.24, 2.45) is 0 Å². The summed E-state index contributed by atoms with van der Waals surface area (Å²) in [4.78, 5) is 39.0. The number of fused-ring (bicyclic) bond motifs is 1. The molecule has 0 bridgehead atoms. The van der Waals surface area contributed by atoms with Gasteiger partial charge in [-0.05, 0) is 53.1 Å². The fraction of sp³-hybridized carbons (Fsp3) is 0.192. The lowest BCUT2D eigenvalue weighted by molar-refractivity contribution is -0.127. The van der Waals surface area contributed by atoms with Gasteiger partial charge in [-0.2, -0.15) is 0 Å². The molecule has 0 radical (unpaired) electrons. The Kier molecular flexibility index (Phi) is 6.49. The van der Waals surface area contributed by atoms with Crippen LogP contribution in [0.4, 0.5) is 10.5 Å². The molecule has 0 saturated carbocycles. The maximum Gasteiger partial charge on any atom is 0.329 e. The van der Waals surface area contributed by atoms with Crippen LogP contribution in [0, 0.1) is 0 Å². The number of hydrogen-bond donors (Lipinski definition) is 2. The lowest BCUT2D eigenvalue weighted by Gasteiger charge is -2.14. The number of benzene rings is 3. The van der Waals surface area contributed by atoms with E-state index in [1.807, 2.05) is 49.4 Å². The van der Waals surface area contributed by atoms with Crippen LogP contribution in [0.25, 0.3) is 16.8 Å². The summed E-state index contributed by atoms with van der Waals surface area (Å²) in [5, 5.41) is 7.06. The minimum atomic E-state index is -0.660. The fourth-order valence-electron chi connectivity index (χ4n) is 3.90. The number of carbonyl (C=O) groups excluding carboxylic acids is 3. The second-order valence-electron chi connectivity index (χ2n) is 7.71. The molecule has 3 aromatic rings. The molecule has 3 aromatic carbocycles. The number of aryl methyl sites for hydroxylation is 1. The normalized spacial score (nSPS) is 14.4. The number of para-hydroxylation sites is 1. The summed E-state index contributed by atoms with van der Waals surface area (Å²) in [6, 6.07) is 16.0. The van der Waals surface area contributed by atoms with Crippen LogP contribution >= 0.6 is 0 Å². The number of anilines is 1. The number of carbonyl (C=O) groups is 3. The Bertz CT molecular complexity index is 1310. The number of rotatable bonds is 7. The molecule has 1 fully saturated rings. The largest absolute Gasteiger partial charge is 0.497 e. The van der Waals surface area contributed by atoms with Crippen molar-refractivity contribution in [2.45, 2.75) is 13.3 Å². The molecule has 0 unspecified atom stereocenters. The highest BCUT2D eigenvalue weighted by molar-refractivity contribution is 6.16. The monoisotopic (exact) mass is 459 g/mol. The van der Waals surface area contributed by atoms with E-state index in [1.165, 1.54) is 7.11 Å². The molecule has 1 aliphatic heterocycles. The van der Waals surface area contributed by atoms with Gasteiger partial charge in [0.05, 0.1) is 14.2 Å². The molecule has 0 spiro atoms.